The van der Waals surface area contributed by atoms with Crippen LogP contribution in [-0.4, -0.2) is 10.2 Å². The van der Waals surface area contributed by atoms with Crippen LogP contribution in [0.1, 0.15) is 16.8 Å². The lowest BCUT2D eigenvalue weighted by molar-refractivity contribution is 0.482. The van der Waals surface area contributed by atoms with Gasteiger partial charge in [-0.2, -0.15) is 5.10 Å². The Labute approximate surface area is 138 Å². The molecule has 0 bridgehead atoms. The van der Waals surface area contributed by atoms with Crippen LogP contribution >= 0.6 is 11.6 Å². The van der Waals surface area contributed by atoms with E-state index in [1.807, 2.05) is 42.5 Å². The summed E-state index contributed by atoms with van der Waals surface area (Å²) in [6.07, 6.45) is 0.583. The van der Waals surface area contributed by atoms with E-state index in [0.29, 0.717) is 22.8 Å². The summed E-state index contributed by atoms with van der Waals surface area (Å²) in [5.41, 5.74) is 2.26. The van der Waals surface area contributed by atoms with Crippen molar-refractivity contribution in [1.82, 2.24) is 10.2 Å². The van der Waals surface area contributed by atoms with Gasteiger partial charge in [-0.05, 0) is 42.8 Å². The van der Waals surface area contributed by atoms with Gasteiger partial charge in [0.2, 0.25) is 0 Å². The maximum absolute atomic E-state index is 11.4. The SMILES string of the molecule is Cc1cc(Cc2ccc(Cl)c(Oc3ccccc3)c2)n[nH]c1=O. The molecule has 0 amide bonds. The molecule has 0 aliphatic carbocycles. The van der Waals surface area contributed by atoms with E-state index in [4.69, 9.17) is 16.3 Å². The van der Waals surface area contributed by atoms with Gasteiger partial charge < -0.3 is 4.74 Å². The zero-order valence-electron chi connectivity index (χ0n) is 12.5. The van der Waals surface area contributed by atoms with E-state index >= 15 is 0 Å². The van der Waals surface area contributed by atoms with Crippen LogP contribution in [0.15, 0.2) is 59.4 Å². The Kier molecular flexibility index (Phi) is 4.44. The second-order valence-electron chi connectivity index (χ2n) is 5.23. The lowest BCUT2D eigenvalue weighted by Crippen LogP contribution is -2.12. The standard InChI is InChI=1S/C18H15ClN2O2/c1-12-9-14(20-21-18(12)22)10-13-7-8-16(19)17(11-13)23-15-5-3-2-4-6-15/h2-9,11H,10H2,1H3,(H,21,22). The molecule has 0 aliphatic heterocycles. The molecule has 116 valence electrons. The predicted molar refractivity (Wildman–Crippen MR) is 90.4 cm³/mol. The van der Waals surface area contributed by atoms with Gasteiger partial charge in [0.05, 0.1) is 10.7 Å². The van der Waals surface area contributed by atoms with E-state index in [9.17, 15) is 4.79 Å². The molecule has 5 heteroatoms. The number of H-pyrrole nitrogens is 1. The van der Waals surface area contributed by atoms with Crippen LogP contribution in [0, 0.1) is 6.92 Å². The van der Waals surface area contributed by atoms with Crippen LogP contribution in [0.25, 0.3) is 0 Å². The zero-order valence-corrected chi connectivity index (χ0v) is 13.3. The summed E-state index contributed by atoms with van der Waals surface area (Å²) in [4.78, 5) is 11.4. The van der Waals surface area contributed by atoms with E-state index in [1.54, 1.807) is 19.1 Å². The first-order valence-corrected chi connectivity index (χ1v) is 7.56. The molecule has 0 saturated carbocycles. The number of para-hydroxylation sites is 1. The molecule has 1 heterocycles. The van der Waals surface area contributed by atoms with E-state index in [-0.39, 0.29) is 5.56 Å². The van der Waals surface area contributed by atoms with Crippen molar-refractivity contribution >= 4 is 11.6 Å². The number of hydrogen-bond donors (Lipinski definition) is 1. The van der Waals surface area contributed by atoms with Gasteiger partial charge in [-0.25, -0.2) is 5.10 Å². The fourth-order valence-electron chi connectivity index (χ4n) is 2.21. The van der Waals surface area contributed by atoms with E-state index in [1.165, 1.54) is 0 Å². The Hall–Kier alpha value is -2.59. The largest absolute Gasteiger partial charge is 0.456 e. The molecule has 0 unspecified atom stereocenters. The molecular weight excluding hydrogens is 312 g/mol. The number of aromatic nitrogens is 2. The maximum Gasteiger partial charge on any atom is 0.267 e. The summed E-state index contributed by atoms with van der Waals surface area (Å²) in [6, 6.07) is 16.9. The predicted octanol–water partition coefficient (Wildman–Crippen LogP) is 4.11. The molecule has 3 aromatic rings. The summed E-state index contributed by atoms with van der Waals surface area (Å²) < 4.78 is 5.82. The molecule has 0 radical (unpaired) electrons. The van der Waals surface area contributed by atoms with Crippen molar-refractivity contribution < 1.29 is 4.74 Å². The Morgan fingerprint density at radius 1 is 1.13 bits per heavy atom. The molecule has 2 aromatic carbocycles. The third-order valence-electron chi connectivity index (χ3n) is 3.39. The lowest BCUT2D eigenvalue weighted by Gasteiger charge is -2.09. The smallest absolute Gasteiger partial charge is 0.267 e. The average Bonchev–Trinajstić information content (AvgIpc) is 2.55. The van der Waals surface area contributed by atoms with E-state index < -0.39 is 0 Å². The first-order chi connectivity index (χ1) is 11.1. The maximum atomic E-state index is 11.4. The zero-order chi connectivity index (χ0) is 16.2. The quantitative estimate of drug-likeness (QED) is 0.784. The van der Waals surface area contributed by atoms with Gasteiger partial charge in [-0.1, -0.05) is 35.9 Å². The fourth-order valence-corrected chi connectivity index (χ4v) is 2.37. The van der Waals surface area contributed by atoms with Crippen LogP contribution in [0.4, 0.5) is 0 Å². The molecule has 0 saturated heterocycles. The highest BCUT2D eigenvalue weighted by molar-refractivity contribution is 6.32. The van der Waals surface area contributed by atoms with Crippen LogP contribution in [0.3, 0.4) is 0 Å². The number of rotatable bonds is 4. The normalized spacial score (nSPS) is 10.5. The number of ether oxygens (including phenoxy) is 1. The van der Waals surface area contributed by atoms with Gasteiger partial charge in [0.1, 0.15) is 11.5 Å². The monoisotopic (exact) mass is 326 g/mol. The number of nitrogens with zero attached hydrogens (tertiary/aromatic N) is 1. The molecule has 23 heavy (non-hydrogen) atoms. The Morgan fingerprint density at radius 3 is 2.65 bits per heavy atom. The molecule has 1 aromatic heterocycles. The molecule has 0 aliphatic rings. The summed E-state index contributed by atoms with van der Waals surface area (Å²) >= 11 is 6.21. The van der Waals surface area contributed by atoms with Gasteiger partial charge in [-0.15, -0.1) is 0 Å². The Morgan fingerprint density at radius 2 is 1.91 bits per heavy atom. The van der Waals surface area contributed by atoms with Crippen molar-refractivity contribution in [2.75, 3.05) is 0 Å². The van der Waals surface area contributed by atoms with Gasteiger partial charge in [0.15, 0.2) is 0 Å². The molecule has 0 atom stereocenters. The lowest BCUT2D eigenvalue weighted by atomic mass is 10.1. The third-order valence-corrected chi connectivity index (χ3v) is 3.71. The summed E-state index contributed by atoms with van der Waals surface area (Å²) in [5.74, 6) is 1.32. The Balaban J connectivity index is 1.85. The first-order valence-electron chi connectivity index (χ1n) is 7.18. The second-order valence-corrected chi connectivity index (χ2v) is 5.64. The van der Waals surface area contributed by atoms with Crippen LogP contribution in [0.5, 0.6) is 11.5 Å². The van der Waals surface area contributed by atoms with Gasteiger partial charge in [0, 0.05) is 12.0 Å². The second kappa shape index (κ2) is 6.67. The van der Waals surface area contributed by atoms with Crippen molar-refractivity contribution in [2.45, 2.75) is 13.3 Å². The van der Waals surface area contributed by atoms with E-state index in [0.717, 1.165) is 17.0 Å². The van der Waals surface area contributed by atoms with Crippen molar-refractivity contribution in [3.8, 4) is 11.5 Å². The molecule has 0 spiro atoms. The summed E-state index contributed by atoms with van der Waals surface area (Å²) in [6.45, 7) is 1.76. The minimum atomic E-state index is -0.169. The molecule has 1 N–H and O–H groups in total. The fraction of sp³-hybridized carbons (Fsp3) is 0.111. The molecule has 0 fully saturated rings. The first kappa shape index (κ1) is 15.3. The molecular formula is C18H15ClN2O2. The summed E-state index contributed by atoms with van der Waals surface area (Å²) in [7, 11) is 0. The highest BCUT2D eigenvalue weighted by atomic mass is 35.5. The minimum absolute atomic E-state index is 0.169. The van der Waals surface area contributed by atoms with Crippen LogP contribution in [-0.2, 0) is 6.42 Å². The van der Waals surface area contributed by atoms with Gasteiger partial charge in [-0.3, -0.25) is 4.79 Å². The van der Waals surface area contributed by atoms with Gasteiger partial charge >= 0.3 is 0 Å². The minimum Gasteiger partial charge on any atom is -0.456 e. The number of halogens is 1. The number of aryl methyl sites for hydroxylation is 1. The van der Waals surface area contributed by atoms with E-state index in [2.05, 4.69) is 10.2 Å². The van der Waals surface area contributed by atoms with Crippen molar-refractivity contribution in [3.63, 3.8) is 0 Å². The highest BCUT2D eigenvalue weighted by Crippen LogP contribution is 2.30. The molecule has 3 rings (SSSR count). The average molecular weight is 327 g/mol. The number of benzene rings is 2. The highest BCUT2D eigenvalue weighted by Gasteiger charge is 2.07. The van der Waals surface area contributed by atoms with Crippen LogP contribution < -0.4 is 10.3 Å². The number of hydrogen-bond acceptors (Lipinski definition) is 3. The van der Waals surface area contributed by atoms with Gasteiger partial charge in [0.25, 0.3) is 5.56 Å². The summed E-state index contributed by atoms with van der Waals surface area (Å²) in [5, 5.41) is 7.10. The third kappa shape index (κ3) is 3.79. The Bertz CT molecular complexity index is 876. The van der Waals surface area contributed by atoms with Crippen LogP contribution in [0.2, 0.25) is 5.02 Å². The van der Waals surface area contributed by atoms with Crippen molar-refractivity contribution in [1.29, 1.82) is 0 Å². The number of aromatic amines is 1. The molecule has 4 nitrogen and oxygen atoms in total. The topological polar surface area (TPSA) is 55.0 Å². The van der Waals surface area contributed by atoms with Crippen molar-refractivity contribution in [2.24, 2.45) is 0 Å². The number of nitrogens with one attached hydrogen (secondary N) is 1. The van der Waals surface area contributed by atoms with Crippen molar-refractivity contribution in [3.05, 3.63) is 86.8 Å².